The highest BCUT2D eigenvalue weighted by atomic mass is 35.5. The number of nitrogens with zero attached hydrogens (tertiary/aromatic N) is 2. The number of aryl methyl sites for hydroxylation is 1. The van der Waals surface area contributed by atoms with E-state index in [4.69, 9.17) is 11.6 Å². The molecule has 6 heteroatoms. The summed E-state index contributed by atoms with van der Waals surface area (Å²) in [5.41, 5.74) is 1.48. The molecule has 2 amide bonds. The number of amides is 2. The van der Waals surface area contributed by atoms with Crippen LogP contribution in [0.25, 0.3) is 0 Å². The van der Waals surface area contributed by atoms with Crippen molar-refractivity contribution in [3.05, 3.63) is 47.2 Å². The van der Waals surface area contributed by atoms with Crippen LogP contribution in [-0.2, 0) is 13.1 Å². The summed E-state index contributed by atoms with van der Waals surface area (Å²) in [6.45, 7) is 3.21. The maximum atomic E-state index is 11.7. The second kappa shape index (κ2) is 6.24. The molecule has 0 atom stereocenters. The van der Waals surface area contributed by atoms with Crippen molar-refractivity contribution in [1.29, 1.82) is 0 Å². The van der Waals surface area contributed by atoms with Crippen molar-refractivity contribution in [1.82, 2.24) is 15.1 Å². The van der Waals surface area contributed by atoms with Gasteiger partial charge in [-0.2, -0.15) is 5.10 Å². The van der Waals surface area contributed by atoms with Crippen molar-refractivity contribution in [2.24, 2.45) is 0 Å². The maximum Gasteiger partial charge on any atom is 0.319 e. The Morgan fingerprint density at radius 2 is 2.26 bits per heavy atom. The fourth-order valence-corrected chi connectivity index (χ4v) is 1.78. The van der Waals surface area contributed by atoms with E-state index in [0.29, 0.717) is 17.3 Å². The molecule has 0 spiro atoms. The van der Waals surface area contributed by atoms with E-state index in [0.717, 1.165) is 12.2 Å². The zero-order chi connectivity index (χ0) is 13.7. The van der Waals surface area contributed by atoms with E-state index in [9.17, 15) is 4.79 Å². The van der Waals surface area contributed by atoms with Crippen molar-refractivity contribution in [3.8, 4) is 0 Å². The lowest BCUT2D eigenvalue weighted by Crippen LogP contribution is -2.28. The molecule has 2 rings (SSSR count). The van der Waals surface area contributed by atoms with Crippen molar-refractivity contribution in [2.75, 3.05) is 5.32 Å². The van der Waals surface area contributed by atoms with Gasteiger partial charge < -0.3 is 10.6 Å². The standard InChI is InChI=1S/C13H15ClN4O/c1-2-18-7-6-12(17-18)9-15-13(19)16-11-5-3-4-10(14)8-11/h3-8H,2,9H2,1H3,(H2,15,16,19). The number of carbonyl (C=O) groups is 1. The molecule has 1 aromatic heterocycles. The number of hydrogen-bond donors (Lipinski definition) is 2. The van der Waals surface area contributed by atoms with Crippen molar-refractivity contribution in [3.63, 3.8) is 0 Å². The van der Waals surface area contributed by atoms with Crippen LogP contribution in [0, 0.1) is 0 Å². The number of aromatic nitrogens is 2. The lowest BCUT2D eigenvalue weighted by atomic mass is 10.3. The van der Waals surface area contributed by atoms with Gasteiger partial charge in [0.15, 0.2) is 0 Å². The summed E-state index contributed by atoms with van der Waals surface area (Å²) in [6, 6.07) is 8.59. The molecule has 0 unspecified atom stereocenters. The number of urea groups is 1. The summed E-state index contributed by atoms with van der Waals surface area (Å²) in [6.07, 6.45) is 1.88. The molecule has 0 radical (unpaired) electrons. The molecule has 0 aliphatic heterocycles. The molecule has 100 valence electrons. The second-order valence-corrected chi connectivity index (χ2v) is 4.42. The van der Waals surface area contributed by atoms with Crippen LogP contribution < -0.4 is 10.6 Å². The Hall–Kier alpha value is -2.01. The van der Waals surface area contributed by atoms with E-state index in [1.54, 1.807) is 24.3 Å². The molecule has 0 fully saturated rings. The predicted molar refractivity (Wildman–Crippen MR) is 75.2 cm³/mol. The summed E-state index contributed by atoms with van der Waals surface area (Å²) in [4.78, 5) is 11.7. The fourth-order valence-electron chi connectivity index (χ4n) is 1.59. The van der Waals surface area contributed by atoms with E-state index in [1.165, 1.54) is 0 Å². The number of rotatable bonds is 4. The Balaban J connectivity index is 1.84. The molecule has 0 aliphatic carbocycles. The van der Waals surface area contributed by atoms with E-state index in [-0.39, 0.29) is 6.03 Å². The first kappa shape index (κ1) is 13.4. The lowest BCUT2D eigenvalue weighted by molar-refractivity contribution is 0.251. The highest BCUT2D eigenvalue weighted by Gasteiger charge is 2.03. The number of anilines is 1. The first-order valence-electron chi connectivity index (χ1n) is 6.00. The number of nitrogens with one attached hydrogen (secondary N) is 2. The molecule has 2 aromatic rings. The summed E-state index contributed by atoms with van der Waals surface area (Å²) >= 11 is 5.84. The van der Waals surface area contributed by atoms with Gasteiger partial charge in [-0.3, -0.25) is 4.68 Å². The molecule has 0 aliphatic rings. The van der Waals surface area contributed by atoms with Crippen LogP contribution >= 0.6 is 11.6 Å². The first-order chi connectivity index (χ1) is 9.17. The van der Waals surface area contributed by atoms with E-state index < -0.39 is 0 Å². The highest BCUT2D eigenvalue weighted by Crippen LogP contribution is 2.14. The quantitative estimate of drug-likeness (QED) is 0.903. The molecule has 5 nitrogen and oxygen atoms in total. The van der Waals surface area contributed by atoms with Gasteiger partial charge in [-0.25, -0.2) is 4.79 Å². The summed E-state index contributed by atoms with van der Waals surface area (Å²) < 4.78 is 1.81. The molecule has 1 aromatic carbocycles. The molecular formula is C13H15ClN4O. The average Bonchev–Trinajstić information content (AvgIpc) is 2.84. The third-order valence-corrected chi connectivity index (χ3v) is 2.77. The molecule has 0 saturated heterocycles. The summed E-state index contributed by atoms with van der Waals surface area (Å²) in [5, 5.41) is 10.3. The third kappa shape index (κ3) is 3.99. The van der Waals surface area contributed by atoms with Gasteiger partial charge in [0.05, 0.1) is 12.2 Å². The van der Waals surface area contributed by atoms with Gasteiger partial charge in [0.1, 0.15) is 0 Å². The van der Waals surface area contributed by atoms with Gasteiger partial charge in [-0.05, 0) is 31.2 Å². The first-order valence-corrected chi connectivity index (χ1v) is 6.38. The molecule has 0 saturated carbocycles. The van der Waals surface area contributed by atoms with E-state index in [2.05, 4.69) is 15.7 Å². The maximum absolute atomic E-state index is 11.7. The number of halogens is 1. The second-order valence-electron chi connectivity index (χ2n) is 3.98. The Morgan fingerprint density at radius 3 is 2.95 bits per heavy atom. The third-order valence-electron chi connectivity index (χ3n) is 2.53. The number of hydrogen-bond acceptors (Lipinski definition) is 2. The van der Waals surface area contributed by atoms with Crippen LogP contribution in [0.5, 0.6) is 0 Å². The van der Waals surface area contributed by atoms with Crippen LogP contribution in [0.1, 0.15) is 12.6 Å². The number of carbonyl (C=O) groups excluding carboxylic acids is 1. The smallest absolute Gasteiger partial charge is 0.319 e. The fraction of sp³-hybridized carbons (Fsp3) is 0.231. The van der Waals surface area contributed by atoms with Crippen molar-refractivity contribution in [2.45, 2.75) is 20.0 Å². The van der Waals surface area contributed by atoms with Gasteiger partial charge in [0.25, 0.3) is 0 Å². The Kier molecular flexibility index (Phi) is 4.41. The molecule has 0 bridgehead atoms. The zero-order valence-electron chi connectivity index (χ0n) is 10.6. The summed E-state index contributed by atoms with van der Waals surface area (Å²) in [5.74, 6) is 0. The van der Waals surface area contributed by atoms with Gasteiger partial charge >= 0.3 is 6.03 Å². The highest BCUT2D eigenvalue weighted by molar-refractivity contribution is 6.30. The minimum atomic E-state index is -0.284. The van der Waals surface area contributed by atoms with Gasteiger partial charge in [-0.1, -0.05) is 17.7 Å². The molecule has 1 heterocycles. The van der Waals surface area contributed by atoms with E-state index >= 15 is 0 Å². The Labute approximate surface area is 116 Å². The molecular weight excluding hydrogens is 264 g/mol. The topological polar surface area (TPSA) is 59.0 Å². The minimum absolute atomic E-state index is 0.284. The van der Waals surface area contributed by atoms with Gasteiger partial charge in [0.2, 0.25) is 0 Å². The monoisotopic (exact) mass is 278 g/mol. The molecule has 2 N–H and O–H groups in total. The van der Waals surface area contributed by atoms with Crippen LogP contribution in [0.2, 0.25) is 5.02 Å². The van der Waals surface area contributed by atoms with E-state index in [1.807, 2.05) is 23.9 Å². The Bertz CT molecular complexity index is 567. The van der Waals surface area contributed by atoms with Crippen molar-refractivity contribution < 1.29 is 4.79 Å². The molecule has 19 heavy (non-hydrogen) atoms. The lowest BCUT2D eigenvalue weighted by Gasteiger charge is -2.06. The normalized spacial score (nSPS) is 10.2. The van der Waals surface area contributed by atoms with Crippen LogP contribution in [0.4, 0.5) is 10.5 Å². The zero-order valence-corrected chi connectivity index (χ0v) is 11.3. The average molecular weight is 279 g/mol. The predicted octanol–water partition coefficient (Wildman–Crippen LogP) is 2.88. The largest absolute Gasteiger partial charge is 0.332 e. The summed E-state index contributed by atoms with van der Waals surface area (Å²) in [7, 11) is 0. The Morgan fingerprint density at radius 1 is 1.42 bits per heavy atom. The van der Waals surface area contributed by atoms with Crippen LogP contribution in [0.3, 0.4) is 0 Å². The number of benzene rings is 1. The van der Waals surface area contributed by atoms with Gasteiger partial charge in [-0.15, -0.1) is 0 Å². The minimum Gasteiger partial charge on any atom is -0.332 e. The SMILES string of the molecule is CCn1ccc(CNC(=O)Nc2cccc(Cl)c2)n1. The van der Waals surface area contributed by atoms with Crippen molar-refractivity contribution >= 4 is 23.3 Å². The van der Waals surface area contributed by atoms with Crippen LogP contribution in [0.15, 0.2) is 36.5 Å². The van der Waals surface area contributed by atoms with Gasteiger partial charge in [0, 0.05) is 23.5 Å². The van der Waals surface area contributed by atoms with Crippen LogP contribution in [-0.4, -0.2) is 15.8 Å².